The van der Waals surface area contributed by atoms with E-state index in [-0.39, 0.29) is 12.1 Å². The fraction of sp³-hybridized carbons (Fsp3) is 0.538. The molecule has 0 aliphatic carbocycles. The van der Waals surface area contributed by atoms with Gasteiger partial charge in [0.1, 0.15) is 11.5 Å². The molecule has 1 aromatic carbocycles. The zero-order valence-corrected chi connectivity index (χ0v) is 11.4. The van der Waals surface area contributed by atoms with Crippen LogP contribution < -0.4 is 20.7 Å². The molecular weight excluding hydrogens is 232 g/mol. The number of hydrogen-bond donors (Lipinski definition) is 2. The van der Waals surface area contributed by atoms with Crippen LogP contribution in [0.5, 0.6) is 11.5 Å². The van der Waals surface area contributed by atoms with Crippen LogP contribution in [0.1, 0.15) is 24.9 Å². The average molecular weight is 254 g/mol. The van der Waals surface area contributed by atoms with Gasteiger partial charge in [0.05, 0.1) is 26.4 Å². The summed E-state index contributed by atoms with van der Waals surface area (Å²) in [6, 6.07) is 5.47. The van der Waals surface area contributed by atoms with Gasteiger partial charge >= 0.3 is 0 Å². The fourth-order valence-corrected chi connectivity index (χ4v) is 2.02. The molecule has 5 heteroatoms. The van der Waals surface area contributed by atoms with Crippen LogP contribution in [0.2, 0.25) is 0 Å². The van der Waals surface area contributed by atoms with Crippen molar-refractivity contribution in [2.24, 2.45) is 5.84 Å². The summed E-state index contributed by atoms with van der Waals surface area (Å²) in [5.74, 6) is 7.17. The Balaban J connectivity index is 3.16. The van der Waals surface area contributed by atoms with Crippen LogP contribution >= 0.6 is 0 Å². The Morgan fingerprint density at radius 3 is 2.39 bits per heavy atom. The minimum absolute atomic E-state index is 0.0315. The van der Waals surface area contributed by atoms with Gasteiger partial charge in [0.15, 0.2) is 0 Å². The zero-order valence-electron chi connectivity index (χ0n) is 11.4. The maximum atomic E-state index is 5.65. The maximum absolute atomic E-state index is 5.65. The SMILES string of the molecule is CCC(OC)C(NN)c1cc(OC)ccc1OC. The van der Waals surface area contributed by atoms with Gasteiger partial charge in [0.2, 0.25) is 0 Å². The van der Waals surface area contributed by atoms with Crippen molar-refractivity contribution in [2.75, 3.05) is 21.3 Å². The molecule has 0 radical (unpaired) electrons. The lowest BCUT2D eigenvalue weighted by molar-refractivity contribution is 0.0642. The third kappa shape index (κ3) is 3.13. The van der Waals surface area contributed by atoms with Crippen LogP contribution in [0.15, 0.2) is 18.2 Å². The topological polar surface area (TPSA) is 65.7 Å². The summed E-state index contributed by atoms with van der Waals surface area (Å²) >= 11 is 0. The number of rotatable bonds is 7. The van der Waals surface area contributed by atoms with Gasteiger partial charge in [-0.3, -0.25) is 11.3 Å². The quantitative estimate of drug-likeness (QED) is 0.572. The van der Waals surface area contributed by atoms with Gasteiger partial charge in [-0.1, -0.05) is 6.92 Å². The van der Waals surface area contributed by atoms with Crippen LogP contribution in [0, 0.1) is 0 Å². The lowest BCUT2D eigenvalue weighted by atomic mass is 9.99. The number of nitrogens with one attached hydrogen (secondary N) is 1. The van der Waals surface area contributed by atoms with E-state index in [9.17, 15) is 0 Å². The summed E-state index contributed by atoms with van der Waals surface area (Å²) in [5.41, 5.74) is 3.71. The minimum atomic E-state index is -0.148. The van der Waals surface area contributed by atoms with E-state index in [2.05, 4.69) is 5.43 Å². The van der Waals surface area contributed by atoms with E-state index in [4.69, 9.17) is 20.1 Å². The van der Waals surface area contributed by atoms with E-state index < -0.39 is 0 Å². The first kappa shape index (κ1) is 14.8. The molecule has 0 saturated carbocycles. The lowest BCUT2D eigenvalue weighted by Gasteiger charge is -2.26. The monoisotopic (exact) mass is 254 g/mol. The van der Waals surface area contributed by atoms with E-state index in [1.807, 2.05) is 25.1 Å². The highest BCUT2D eigenvalue weighted by Gasteiger charge is 2.24. The van der Waals surface area contributed by atoms with Gasteiger partial charge in [-0.25, -0.2) is 0 Å². The predicted molar refractivity (Wildman–Crippen MR) is 70.7 cm³/mol. The normalized spacial score (nSPS) is 14.1. The average Bonchev–Trinajstić information content (AvgIpc) is 2.43. The highest BCUT2D eigenvalue weighted by Crippen LogP contribution is 2.32. The molecule has 2 atom stereocenters. The Kier molecular flexibility index (Phi) is 5.91. The molecule has 0 aromatic heterocycles. The van der Waals surface area contributed by atoms with Crippen LogP contribution in [0.25, 0.3) is 0 Å². The van der Waals surface area contributed by atoms with Gasteiger partial charge < -0.3 is 14.2 Å². The van der Waals surface area contributed by atoms with Gasteiger partial charge in [-0.15, -0.1) is 0 Å². The van der Waals surface area contributed by atoms with E-state index in [1.54, 1.807) is 21.3 Å². The Bertz CT molecular complexity index is 367. The molecule has 1 rings (SSSR count). The summed E-state index contributed by atoms with van der Waals surface area (Å²) in [6.07, 6.45) is 0.808. The molecule has 0 bridgehead atoms. The van der Waals surface area contributed by atoms with Crippen molar-refractivity contribution >= 4 is 0 Å². The molecule has 0 fully saturated rings. The molecule has 0 spiro atoms. The van der Waals surface area contributed by atoms with Crippen LogP contribution in [-0.2, 0) is 4.74 Å². The van der Waals surface area contributed by atoms with Crippen LogP contribution in [0.4, 0.5) is 0 Å². The summed E-state index contributed by atoms with van der Waals surface area (Å²) in [4.78, 5) is 0. The third-order valence-electron chi connectivity index (χ3n) is 3.03. The summed E-state index contributed by atoms with van der Waals surface area (Å²) < 4.78 is 16.0. The Labute approximate surface area is 108 Å². The molecule has 1 aromatic rings. The van der Waals surface area contributed by atoms with Crippen molar-refractivity contribution in [2.45, 2.75) is 25.5 Å². The second kappa shape index (κ2) is 7.20. The van der Waals surface area contributed by atoms with Crippen LogP contribution in [-0.4, -0.2) is 27.4 Å². The van der Waals surface area contributed by atoms with Gasteiger partial charge in [-0.05, 0) is 24.6 Å². The number of hydrazine groups is 1. The van der Waals surface area contributed by atoms with Gasteiger partial charge in [-0.2, -0.15) is 0 Å². The first-order valence-corrected chi connectivity index (χ1v) is 5.92. The second-order valence-corrected chi connectivity index (χ2v) is 3.93. The molecule has 2 unspecified atom stereocenters. The van der Waals surface area contributed by atoms with E-state index >= 15 is 0 Å². The van der Waals surface area contributed by atoms with Gasteiger partial charge in [0.25, 0.3) is 0 Å². The second-order valence-electron chi connectivity index (χ2n) is 3.93. The summed E-state index contributed by atoms with van der Waals surface area (Å²) in [7, 11) is 4.93. The van der Waals surface area contributed by atoms with Crippen molar-refractivity contribution in [3.8, 4) is 11.5 Å². The molecule has 0 aliphatic rings. The Morgan fingerprint density at radius 2 is 1.94 bits per heavy atom. The van der Waals surface area contributed by atoms with Gasteiger partial charge in [0, 0.05) is 12.7 Å². The first-order valence-electron chi connectivity index (χ1n) is 5.92. The molecule has 18 heavy (non-hydrogen) atoms. The fourth-order valence-electron chi connectivity index (χ4n) is 2.02. The number of benzene rings is 1. The number of ether oxygens (including phenoxy) is 3. The largest absolute Gasteiger partial charge is 0.497 e. The lowest BCUT2D eigenvalue weighted by Crippen LogP contribution is -2.37. The molecule has 0 heterocycles. The molecule has 102 valence electrons. The first-order chi connectivity index (χ1) is 8.71. The maximum Gasteiger partial charge on any atom is 0.124 e. The van der Waals surface area contributed by atoms with Crippen molar-refractivity contribution < 1.29 is 14.2 Å². The molecular formula is C13H22N2O3. The zero-order chi connectivity index (χ0) is 13.5. The Morgan fingerprint density at radius 1 is 1.22 bits per heavy atom. The number of nitrogens with two attached hydrogens (primary N) is 1. The Hall–Kier alpha value is -1.30. The summed E-state index contributed by atoms with van der Waals surface area (Å²) in [6.45, 7) is 2.05. The molecule has 0 saturated heterocycles. The van der Waals surface area contributed by atoms with Crippen molar-refractivity contribution in [1.29, 1.82) is 0 Å². The van der Waals surface area contributed by atoms with E-state index in [0.29, 0.717) is 0 Å². The van der Waals surface area contributed by atoms with E-state index in [1.165, 1.54) is 0 Å². The van der Waals surface area contributed by atoms with Crippen molar-refractivity contribution in [3.63, 3.8) is 0 Å². The molecule has 5 nitrogen and oxygen atoms in total. The molecule has 0 aliphatic heterocycles. The smallest absolute Gasteiger partial charge is 0.124 e. The minimum Gasteiger partial charge on any atom is -0.497 e. The predicted octanol–water partition coefficient (Wildman–Crippen LogP) is 1.63. The highest BCUT2D eigenvalue weighted by atomic mass is 16.5. The van der Waals surface area contributed by atoms with Crippen molar-refractivity contribution in [1.82, 2.24) is 5.43 Å². The van der Waals surface area contributed by atoms with E-state index in [0.717, 1.165) is 23.5 Å². The summed E-state index contributed by atoms with van der Waals surface area (Å²) in [5, 5.41) is 0. The van der Waals surface area contributed by atoms with Crippen molar-refractivity contribution in [3.05, 3.63) is 23.8 Å². The third-order valence-corrected chi connectivity index (χ3v) is 3.03. The number of hydrogen-bond acceptors (Lipinski definition) is 5. The highest BCUT2D eigenvalue weighted by molar-refractivity contribution is 5.42. The van der Waals surface area contributed by atoms with Crippen LogP contribution in [0.3, 0.4) is 0 Å². The standard InChI is InChI=1S/C13H22N2O3/c1-5-11(17-3)13(15-14)10-8-9(16-2)6-7-12(10)18-4/h6-8,11,13,15H,5,14H2,1-4H3. The molecule has 0 amide bonds. The number of methoxy groups -OCH3 is 3. The molecule has 3 N–H and O–H groups in total.